The number of benzene rings is 1. The number of hydrogen-bond acceptors (Lipinski definition) is 1. The maximum Gasteiger partial charge on any atom is 0.193 e. The van der Waals surface area contributed by atoms with Crippen molar-refractivity contribution in [3.63, 3.8) is 0 Å². The van der Waals surface area contributed by atoms with Gasteiger partial charge in [-0.25, -0.2) is 0 Å². The third-order valence-corrected chi connectivity index (χ3v) is 3.69. The molecule has 0 unspecified atom stereocenters. The molecule has 0 amide bonds. The zero-order chi connectivity index (χ0) is 13.7. The highest BCUT2D eigenvalue weighted by molar-refractivity contribution is 14.0. The van der Waals surface area contributed by atoms with Crippen molar-refractivity contribution >= 4 is 41.5 Å². The zero-order valence-electron chi connectivity index (χ0n) is 12.1. The lowest BCUT2D eigenvalue weighted by Crippen LogP contribution is -2.38. The molecular weight excluding hydrogens is 385 g/mol. The van der Waals surface area contributed by atoms with Crippen molar-refractivity contribution in [3.8, 4) is 0 Å². The Morgan fingerprint density at radius 2 is 2.00 bits per heavy atom. The number of aliphatic imine (C=N–C) groups is 1. The Balaban J connectivity index is 0.00000200. The molecule has 1 saturated carbocycles. The lowest BCUT2D eigenvalue weighted by Gasteiger charge is -2.22. The van der Waals surface area contributed by atoms with Crippen LogP contribution in [0.4, 0.5) is 0 Å². The quantitative estimate of drug-likeness (QED) is 0.457. The summed E-state index contributed by atoms with van der Waals surface area (Å²) in [5, 5.41) is 4.20. The van der Waals surface area contributed by atoms with E-state index in [-0.39, 0.29) is 24.0 Å². The van der Waals surface area contributed by atoms with E-state index in [0.29, 0.717) is 0 Å². The SMILES string of the molecule is CN=C(NCCC1CC1)N(C)Cc1ccc(Cl)cc1.I. The van der Waals surface area contributed by atoms with E-state index in [1.807, 2.05) is 19.2 Å². The fraction of sp³-hybridized carbons (Fsp3) is 0.533. The van der Waals surface area contributed by atoms with Crippen molar-refractivity contribution in [3.05, 3.63) is 34.9 Å². The van der Waals surface area contributed by atoms with Crippen LogP contribution in [0.5, 0.6) is 0 Å². The summed E-state index contributed by atoms with van der Waals surface area (Å²) in [4.78, 5) is 6.46. The molecule has 0 bridgehead atoms. The van der Waals surface area contributed by atoms with Gasteiger partial charge in [-0.1, -0.05) is 36.6 Å². The second kappa shape index (κ2) is 8.72. The van der Waals surface area contributed by atoms with Gasteiger partial charge in [-0.2, -0.15) is 0 Å². The molecule has 0 radical (unpaired) electrons. The third-order valence-electron chi connectivity index (χ3n) is 3.44. The average Bonchev–Trinajstić information content (AvgIpc) is 3.21. The number of rotatable bonds is 5. The number of hydrogen-bond donors (Lipinski definition) is 1. The van der Waals surface area contributed by atoms with Crippen molar-refractivity contribution < 1.29 is 0 Å². The maximum atomic E-state index is 5.89. The Kier molecular flexibility index (Phi) is 7.66. The van der Waals surface area contributed by atoms with Crippen LogP contribution in [0.15, 0.2) is 29.3 Å². The smallest absolute Gasteiger partial charge is 0.193 e. The molecule has 20 heavy (non-hydrogen) atoms. The number of nitrogens with zero attached hydrogens (tertiary/aromatic N) is 2. The monoisotopic (exact) mass is 407 g/mol. The summed E-state index contributed by atoms with van der Waals surface area (Å²) in [6, 6.07) is 7.95. The maximum absolute atomic E-state index is 5.89. The molecule has 1 aromatic rings. The number of guanidine groups is 1. The van der Waals surface area contributed by atoms with E-state index in [4.69, 9.17) is 11.6 Å². The first-order chi connectivity index (χ1) is 9.19. The van der Waals surface area contributed by atoms with Crippen molar-refractivity contribution in [2.24, 2.45) is 10.9 Å². The Bertz CT molecular complexity index is 429. The van der Waals surface area contributed by atoms with Gasteiger partial charge in [-0.05, 0) is 30.0 Å². The summed E-state index contributed by atoms with van der Waals surface area (Å²) in [7, 11) is 3.89. The van der Waals surface area contributed by atoms with Gasteiger partial charge in [-0.3, -0.25) is 4.99 Å². The van der Waals surface area contributed by atoms with E-state index >= 15 is 0 Å². The second-order valence-electron chi connectivity index (χ2n) is 5.19. The highest BCUT2D eigenvalue weighted by atomic mass is 127. The summed E-state index contributed by atoms with van der Waals surface area (Å²) in [5.41, 5.74) is 1.23. The summed E-state index contributed by atoms with van der Waals surface area (Å²) < 4.78 is 0. The van der Waals surface area contributed by atoms with E-state index in [0.717, 1.165) is 30.0 Å². The molecule has 1 aliphatic rings. The van der Waals surface area contributed by atoms with Crippen molar-refractivity contribution in [1.29, 1.82) is 0 Å². The van der Waals surface area contributed by atoms with Crippen LogP contribution in [0.1, 0.15) is 24.8 Å². The van der Waals surface area contributed by atoms with Crippen LogP contribution in [0.3, 0.4) is 0 Å². The van der Waals surface area contributed by atoms with Crippen LogP contribution in [-0.2, 0) is 6.54 Å². The molecule has 1 N–H and O–H groups in total. The molecule has 3 nitrogen and oxygen atoms in total. The van der Waals surface area contributed by atoms with Gasteiger partial charge in [0.1, 0.15) is 0 Å². The lowest BCUT2D eigenvalue weighted by atomic mass is 10.2. The van der Waals surface area contributed by atoms with Crippen LogP contribution in [0, 0.1) is 5.92 Å². The van der Waals surface area contributed by atoms with Crippen LogP contribution < -0.4 is 5.32 Å². The van der Waals surface area contributed by atoms with Gasteiger partial charge in [0.05, 0.1) is 0 Å². The van der Waals surface area contributed by atoms with E-state index in [1.165, 1.54) is 24.8 Å². The van der Waals surface area contributed by atoms with Gasteiger partial charge < -0.3 is 10.2 Å². The average molecular weight is 408 g/mol. The topological polar surface area (TPSA) is 27.6 Å². The molecule has 0 aromatic heterocycles. The fourth-order valence-corrected chi connectivity index (χ4v) is 2.24. The van der Waals surface area contributed by atoms with E-state index in [9.17, 15) is 0 Å². The molecule has 1 fully saturated rings. The highest BCUT2D eigenvalue weighted by Gasteiger charge is 2.20. The molecular formula is C15H23ClIN3. The van der Waals surface area contributed by atoms with Crippen LogP contribution in [-0.4, -0.2) is 31.5 Å². The van der Waals surface area contributed by atoms with E-state index in [2.05, 4.69) is 34.4 Å². The summed E-state index contributed by atoms with van der Waals surface area (Å²) in [6.45, 7) is 1.85. The zero-order valence-corrected chi connectivity index (χ0v) is 15.2. The number of nitrogens with one attached hydrogen (secondary N) is 1. The highest BCUT2D eigenvalue weighted by Crippen LogP contribution is 2.31. The largest absolute Gasteiger partial charge is 0.356 e. The minimum Gasteiger partial charge on any atom is -0.356 e. The van der Waals surface area contributed by atoms with Crippen LogP contribution in [0.2, 0.25) is 5.02 Å². The second-order valence-corrected chi connectivity index (χ2v) is 5.63. The minimum absolute atomic E-state index is 0. The predicted molar refractivity (Wildman–Crippen MR) is 97.0 cm³/mol. The molecule has 0 saturated heterocycles. The molecule has 1 aliphatic carbocycles. The first-order valence-corrected chi connectivity index (χ1v) is 7.23. The van der Waals surface area contributed by atoms with Gasteiger partial charge in [0.15, 0.2) is 5.96 Å². The Labute approximate surface area is 143 Å². The molecule has 0 atom stereocenters. The first kappa shape index (κ1) is 17.6. The molecule has 2 rings (SSSR count). The minimum atomic E-state index is 0. The van der Waals surface area contributed by atoms with Crippen molar-refractivity contribution in [2.45, 2.75) is 25.8 Å². The number of halogens is 2. The summed E-state index contributed by atoms with van der Waals surface area (Å²) in [6.07, 6.45) is 4.07. The van der Waals surface area contributed by atoms with Gasteiger partial charge in [0.2, 0.25) is 0 Å². The van der Waals surface area contributed by atoms with Gasteiger partial charge >= 0.3 is 0 Å². The van der Waals surface area contributed by atoms with Gasteiger partial charge in [-0.15, -0.1) is 24.0 Å². The molecule has 0 aliphatic heterocycles. The first-order valence-electron chi connectivity index (χ1n) is 6.85. The normalized spacial score (nSPS) is 14.7. The Morgan fingerprint density at radius 1 is 1.35 bits per heavy atom. The summed E-state index contributed by atoms with van der Waals surface area (Å²) >= 11 is 5.89. The van der Waals surface area contributed by atoms with E-state index < -0.39 is 0 Å². The van der Waals surface area contributed by atoms with Crippen molar-refractivity contribution in [1.82, 2.24) is 10.2 Å². The lowest BCUT2D eigenvalue weighted by molar-refractivity contribution is 0.474. The summed E-state index contributed by atoms with van der Waals surface area (Å²) in [5.74, 6) is 1.91. The molecule has 1 aromatic carbocycles. The van der Waals surface area contributed by atoms with Gasteiger partial charge in [0, 0.05) is 32.2 Å². The molecule has 112 valence electrons. The van der Waals surface area contributed by atoms with E-state index in [1.54, 1.807) is 0 Å². The molecule has 5 heteroatoms. The standard InChI is InChI=1S/C15H22ClN3.HI/c1-17-15(18-10-9-12-3-4-12)19(2)11-13-5-7-14(16)8-6-13;/h5-8,12H,3-4,9-11H2,1-2H3,(H,17,18);1H. The predicted octanol–water partition coefficient (Wildman–Crippen LogP) is 3.77. The van der Waals surface area contributed by atoms with Crippen LogP contribution >= 0.6 is 35.6 Å². The molecule has 0 spiro atoms. The Hall–Kier alpha value is -0.490. The fourth-order valence-electron chi connectivity index (χ4n) is 2.12. The molecule has 0 heterocycles. The van der Waals surface area contributed by atoms with Crippen molar-refractivity contribution in [2.75, 3.05) is 20.6 Å². The third kappa shape index (κ3) is 5.87. The van der Waals surface area contributed by atoms with Crippen LogP contribution in [0.25, 0.3) is 0 Å². The van der Waals surface area contributed by atoms with Gasteiger partial charge in [0.25, 0.3) is 0 Å². The Morgan fingerprint density at radius 3 is 2.55 bits per heavy atom.